The van der Waals surface area contributed by atoms with Gasteiger partial charge in [-0.05, 0) is 27.4 Å². The second kappa shape index (κ2) is 5.38. The average Bonchev–Trinajstić information content (AvgIpc) is 2.68. The highest BCUT2D eigenvalue weighted by Crippen LogP contribution is 2.32. The number of rotatable bonds is 3. The average molecular weight is 293 g/mol. The first-order chi connectivity index (χ1) is 7.33. The van der Waals surface area contributed by atoms with Crippen LogP contribution in [0.1, 0.15) is 10.9 Å². The van der Waals surface area contributed by atoms with E-state index < -0.39 is 0 Å². The van der Waals surface area contributed by atoms with Crippen LogP contribution in [0.5, 0.6) is 0 Å². The van der Waals surface area contributed by atoms with E-state index >= 15 is 0 Å². The Hall–Kier alpha value is 0.0200. The number of ether oxygens (including phenoxy) is 2. The molecule has 1 aliphatic heterocycles. The van der Waals surface area contributed by atoms with Crippen LogP contribution in [0.25, 0.3) is 0 Å². The second-order valence-electron chi connectivity index (χ2n) is 3.26. The molecule has 4 nitrogen and oxygen atoms in total. The quantitative estimate of drug-likeness (QED) is 0.654. The highest BCUT2D eigenvalue weighted by atomic mass is 79.9. The predicted octanol–water partition coefficient (Wildman–Crippen LogP) is 1.43. The lowest BCUT2D eigenvalue weighted by atomic mass is 10.1. The fourth-order valence-corrected chi connectivity index (χ4v) is 3.31. The maximum Gasteiger partial charge on any atom is 0.102 e. The number of nitrogens with one attached hydrogen (secondary N) is 1. The minimum atomic E-state index is -0.0151. The molecule has 1 aromatic rings. The summed E-state index contributed by atoms with van der Waals surface area (Å²) in [6, 6.07) is 1.99. The zero-order valence-corrected chi connectivity index (χ0v) is 10.5. The van der Waals surface area contributed by atoms with Crippen molar-refractivity contribution in [3.63, 3.8) is 0 Å². The van der Waals surface area contributed by atoms with Crippen molar-refractivity contribution in [1.82, 2.24) is 5.43 Å². The van der Waals surface area contributed by atoms with Gasteiger partial charge in [0, 0.05) is 9.35 Å². The lowest BCUT2D eigenvalue weighted by Crippen LogP contribution is -2.43. The fourth-order valence-electron chi connectivity index (χ4n) is 1.58. The summed E-state index contributed by atoms with van der Waals surface area (Å²) in [5, 5.41) is 2.02. The van der Waals surface area contributed by atoms with Crippen LogP contribution < -0.4 is 11.3 Å². The van der Waals surface area contributed by atoms with E-state index in [0.29, 0.717) is 19.8 Å². The highest BCUT2D eigenvalue weighted by molar-refractivity contribution is 9.10. The minimum Gasteiger partial charge on any atom is -0.376 e. The molecule has 0 aromatic carbocycles. The summed E-state index contributed by atoms with van der Waals surface area (Å²) in [4.78, 5) is 1.15. The molecule has 0 spiro atoms. The van der Waals surface area contributed by atoms with Crippen molar-refractivity contribution in [2.75, 3.05) is 19.8 Å². The first-order valence-corrected chi connectivity index (χ1v) is 6.38. The molecule has 1 aromatic heterocycles. The van der Waals surface area contributed by atoms with Gasteiger partial charge in [0.15, 0.2) is 0 Å². The molecule has 84 valence electrons. The van der Waals surface area contributed by atoms with Crippen molar-refractivity contribution in [2.24, 2.45) is 5.84 Å². The van der Waals surface area contributed by atoms with E-state index in [1.54, 1.807) is 11.3 Å². The van der Waals surface area contributed by atoms with E-state index in [9.17, 15) is 0 Å². The van der Waals surface area contributed by atoms with Crippen LogP contribution >= 0.6 is 27.3 Å². The van der Waals surface area contributed by atoms with E-state index in [2.05, 4.69) is 21.4 Å². The van der Waals surface area contributed by atoms with Crippen molar-refractivity contribution in [3.8, 4) is 0 Å². The number of nitrogens with two attached hydrogens (primary N) is 1. The lowest BCUT2D eigenvalue weighted by molar-refractivity contribution is -0.102. The summed E-state index contributed by atoms with van der Waals surface area (Å²) in [6.45, 7) is 1.88. The monoisotopic (exact) mass is 292 g/mol. The first-order valence-electron chi connectivity index (χ1n) is 4.71. The summed E-state index contributed by atoms with van der Waals surface area (Å²) >= 11 is 5.14. The number of hydrogen-bond donors (Lipinski definition) is 2. The normalized spacial score (nSPS) is 24.0. The largest absolute Gasteiger partial charge is 0.376 e. The zero-order chi connectivity index (χ0) is 10.7. The van der Waals surface area contributed by atoms with Crippen molar-refractivity contribution in [3.05, 3.63) is 20.8 Å². The molecule has 15 heavy (non-hydrogen) atoms. The third-order valence-corrected chi connectivity index (χ3v) is 4.27. The second-order valence-corrected chi connectivity index (χ2v) is 5.06. The molecule has 6 heteroatoms. The Bertz CT molecular complexity index is 315. The van der Waals surface area contributed by atoms with Gasteiger partial charge < -0.3 is 9.47 Å². The van der Waals surface area contributed by atoms with Gasteiger partial charge in [-0.15, -0.1) is 11.3 Å². The van der Waals surface area contributed by atoms with Gasteiger partial charge in [0.1, 0.15) is 6.10 Å². The molecule has 2 unspecified atom stereocenters. The summed E-state index contributed by atoms with van der Waals surface area (Å²) in [7, 11) is 0. The minimum absolute atomic E-state index is 0.0142. The van der Waals surface area contributed by atoms with Crippen molar-refractivity contribution in [1.29, 1.82) is 0 Å². The molecule has 2 heterocycles. The van der Waals surface area contributed by atoms with Gasteiger partial charge in [0.25, 0.3) is 0 Å². The van der Waals surface area contributed by atoms with Gasteiger partial charge in [-0.25, -0.2) is 5.43 Å². The Morgan fingerprint density at radius 2 is 2.47 bits per heavy atom. The summed E-state index contributed by atoms with van der Waals surface area (Å²) in [5.74, 6) is 5.56. The number of hydrazine groups is 1. The third-order valence-electron chi connectivity index (χ3n) is 2.32. The Morgan fingerprint density at radius 3 is 3.00 bits per heavy atom. The Morgan fingerprint density at radius 1 is 1.60 bits per heavy atom. The van der Waals surface area contributed by atoms with Gasteiger partial charge in [-0.3, -0.25) is 5.84 Å². The van der Waals surface area contributed by atoms with E-state index in [0.717, 1.165) is 9.35 Å². The molecule has 1 aliphatic rings. The van der Waals surface area contributed by atoms with Crippen LogP contribution in [-0.2, 0) is 9.47 Å². The maximum absolute atomic E-state index is 5.63. The van der Waals surface area contributed by atoms with Crippen molar-refractivity contribution < 1.29 is 9.47 Å². The Kier molecular flexibility index (Phi) is 4.13. The standard InChI is InChI=1S/C9H13BrN2O2S/c10-6-1-4-15-9(6)8(12-11)7-5-13-2-3-14-7/h1,4,7-8,12H,2-3,5,11H2. The van der Waals surface area contributed by atoms with Gasteiger partial charge >= 0.3 is 0 Å². The molecular weight excluding hydrogens is 280 g/mol. The molecule has 1 saturated heterocycles. The first kappa shape index (κ1) is 11.5. The molecule has 0 amide bonds. The van der Waals surface area contributed by atoms with Gasteiger partial charge in [0.2, 0.25) is 0 Å². The highest BCUT2D eigenvalue weighted by Gasteiger charge is 2.27. The summed E-state index contributed by atoms with van der Waals surface area (Å²) in [5.41, 5.74) is 2.79. The van der Waals surface area contributed by atoms with Crippen LogP contribution in [0.3, 0.4) is 0 Å². The molecule has 1 fully saturated rings. The third kappa shape index (κ3) is 2.58. The number of halogens is 1. The van der Waals surface area contributed by atoms with E-state index in [1.807, 2.05) is 11.4 Å². The summed E-state index contributed by atoms with van der Waals surface area (Å²) < 4.78 is 12.1. The summed E-state index contributed by atoms with van der Waals surface area (Å²) in [6.07, 6.45) is -0.0151. The number of hydrogen-bond acceptors (Lipinski definition) is 5. The zero-order valence-electron chi connectivity index (χ0n) is 8.11. The van der Waals surface area contributed by atoms with Gasteiger partial charge in [-0.2, -0.15) is 0 Å². The molecule has 0 aliphatic carbocycles. The smallest absolute Gasteiger partial charge is 0.102 e. The molecule has 0 saturated carbocycles. The molecule has 2 rings (SSSR count). The lowest BCUT2D eigenvalue weighted by Gasteiger charge is -2.29. The van der Waals surface area contributed by atoms with E-state index in [-0.39, 0.29) is 12.1 Å². The maximum atomic E-state index is 5.63. The Labute approximate surface area is 101 Å². The SMILES string of the molecule is NNC(c1sccc1Br)C1COCCO1. The molecule has 0 radical (unpaired) electrons. The van der Waals surface area contributed by atoms with Crippen LogP contribution in [-0.4, -0.2) is 25.9 Å². The van der Waals surface area contributed by atoms with Crippen LogP contribution in [0, 0.1) is 0 Å². The van der Waals surface area contributed by atoms with Gasteiger partial charge in [-0.1, -0.05) is 0 Å². The van der Waals surface area contributed by atoms with Crippen LogP contribution in [0.15, 0.2) is 15.9 Å². The van der Waals surface area contributed by atoms with Crippen molar-refractivity contribution in [2.45, 2.75) is 12.1 Å². The molecule has 3 N–H and O–H groups in total. The predicted molar refractivity (Wildman–Crippen MR) is 62.6 cm³/mol. The fraction of sp³-hybridized carbons (Fsp3) is 0.556. The molecule has 2 atom stereocenters. The molecular formula is C9H13BrN2O2S. The van der Waals surface area contributed by atoms with E-state index in [4.69, 9.17) is 15.3 Å². The van der Waals surface area contributed by atoms with E-state index in [1.165, 1.54) is 0 Å². The van der Waals surface area contributed by atoms with Gasteiger partial charge in [0.05, 0.1) is 25.9 Å². The van der Waals surface area contributed by atoms with Crippen molar-refractivity contribution >= 4 is 27.3 Å². The number of thiophene rings is 1. The van der Waals surface area contributed by atoms with Crippen LogP contribution in [0.2, 0.25) is 0 Å². The van der Waals surface area contributed by atoms with Crippen LogP contribution in [0.4, 0.5) is 0 Å². The molecule has 0 bridgehead atoms. The topological polar surface area (TPSA) is 56.5 Å². The Balaban J connectivity index is 2.12.